The van der Waals surface area contributed by atoms with Crippen LogP contribution in [0, 0.1) is 0 Å². The standard InChI is InChI=1S/C17H14BrNO/c18-13-8-5-12(6-9-13)16(19)15-10-7-11-3-1-2-4-14(11)17(15)20/h1-10,16,20H,19H2/t16-/m1/s1. The van der Waals surface area contributed by atoms with Gasteiger partial charge in [-0.25, -0.2) is 0 Å². The highest BCUT2D eigenvalue weighted by atomic mass is 79.9. The van der Waals surface area contributed by atoms with E-state index in [4.69, 9.17) is 5.73 Å². The zero-order valence-electron chi connectivity index (χ0n) is 10.8. The molecule has 0 unspecified atom stereocenters. The lowest BCUT2D eigenvalue weighted by atomic mass is 9.96. The maximum Gasteiger partial charge on any atom is 0.128 e. The van der Waals surface area contributed by atoms with Gasteiger partial charge >= 0.3 is 0 Å². The molecule has 100 valence electrons. The van der Waals surface area contributed by atoms with Crippen LogP contribution >= 0.6 is 15.9 Å². The number of hydrogen-bond donors (Lipinski definition) is 2. The van der Waals surface area contributed by atoms with E-state index >= 15 is 0 Å². The van der Waals surface area contributed by atoms with Gasteiger partial charge in [-0.3, -0.25) is 0 Å². The van der Waals surface area contributed by atoms with E-state index in [0.717, 1.165) is 26.4 Å². The van der Waals surface area contributed by atoms with Crippen LogP contribution in [0.1, 0.15) is 17.2 Å². The van der Waals surface area contributed by atoms with Gasteiger partial charge in [0.05, 0.1) is 6.04 Å². The summed E-state index contributed by atoms with van der Waals surface area (Å²) in [5.41, 5.74) is 8.00. The van der Waals surface area contributed by atoms with E-state index in [-0.39, 0.29) is 11.8 Å². The molecule has 3 rings (SSSR count). The molecule has 3 aromatic rings. The van der Waals surface area contributed by atoms with Crippen molar-refractivity contribution in [2.75, 3.05) is 0 Å². The minimum atomic E-state index is -0.340. The Labute approximate surface area is 126 Å². The molecular formula is C17H14BrNO. The van der Waals surface area contributed by atoms with Gasteiger partial charge in [0.15, 0.2) is 0 Å². The van der Waals surface area contributed by atoms with Crippen molar-refractivity contribution in [3.05, 3.63) is 76.3 Å². The molecule has 0 aliphatic heterocycles. The minimum Gasteiger partial charge on any atom is -0.507 e. The first-order valence-corrected chi connectivity index (χ1v) is 7.18. The molecule has 3 heteroatoms. The summed E-state index contributed by atoms with van der Waals surface area (Å²) in [6.07, 6.45) is 0. The number of rotatable bonds is 2. The maximum atomic E-state index is 10.4. The first-order valence-electron chi connectivity index (χ1n) is 6.38. The lowest BCUT2D eigenvalue weighted by molar-refractivity contribution is 0.472. The summed E-state index contributed by atoms with van der Waals surface area (Å²) in [4.78, 5) is 0. The van der Waals surface area contributed by atoms with Crippen molar-refractivity contribution in [1.82, 2.24) is 0 Å². The van der Waals surface area contributed by atoms with Crippen LogP contribution in [0.4, 0.5) is 0 Å². The predicted molar refractivity (Wildman–Crippen MR) is 85.8 cm³/mol. The van der Waals surface area contributed by atoms with E-state index in [1.807, 2.05) is 60.7 Å². The smallest absolute Gasteiger partial charge is 0.128 e. The third-order valence-corrected chi connectivity index (χ3v) is 4.02. The molecule has 20 heavy (non-hydrogen) atoms. The summed E-state index contributed by atoms with van der Waals surface area (Å²) in [5.74, 6) is 0.263. The Kier molecular flexibility index (Phi) is 3.47. The van der Waals surface area contributed by atoms with Gasteiger partial charge in [0, 0.05) is 15.4 Å². The molecule has 0 fully saturated rings. The quantitative estimate of drug-likeness (QED) is 0.734. The Balaban J connectivity index is 2.09. The molecule has 0 aliphatic rings. The summed E-state index contributed by atoms with van der Waals surface area (Å²) < 4.78 is 1.01. The van der Waals surface area contributed by atoms with Gasteiger partial charge in [0.2, 0.25) is 0 Å². The lowest BCUT2D eigenvalue weighted by Gasteiger charge is -2.15. The Morgan fingerprint density at radius 3 is 2.35 bits per heavy atom. The molecule has 0 saturated carbocycles. The van der Waals surface area contributed by atoms with Gasteiger partial charge < -0.3 is 10.8 Å². The zero-order chi connectivity index (χ0) is 14.1. The van der Waals surface area contributed by atoms with Gasteiger partial charge in [-0.05, 0) is 23.1 Å². The Morgan fingerprint density at radius 1 is 0.900 bits per heavy atom. The van der Waals surface area contributed by atoms with Crippen LogP contribution in [0.2, 0.25) is 0 Å². The lowest BCUT2D eigenvalue weighted by Crippen LogP contribution is -2.11. The fourth-order valence-corrected chi connectivity index (χ4v) is 2.64. The fourth-order valence-electron chi connectivity index (χ4n) is 2.37. The molecule has 0 aliphatic carbocycles. The third-order valence-electron chi connectivity index (χ3n) is 3.50. The van der Waals surface area contributed by atoms with Gasteiger partial charge in [0.25, 0.3) is 0 Å². The number of nitrogens with two attached hydrogens (primary N) is 1. The molecule has 0 amide bonds. The van der Waals surface area contributed by atoms with Crippen LogP contribution in [0.25, 0.3) is 10.8 Å². The van der Waals surface area contributed by atoms with Gasteiger partial charge in [-0.15, -0.1) is 0 Å². The van der Waals surface area contributed by atoms with Crippen molar-refractivity contribution in [2.24, 2.45) is 5.73 Å². The molecule has 0 saturated heterocycles. The SMILES string of the molecule is N[C@H](c1ccc(Br)cc1)c1ccc2ccccc2c1O. The van der Waals surface area contributed by atoms with Crippen LogP contribution in [-0.2, 0) is 0 Å². The van der Waals surface area contributed by atoms with Crippen LogP contribution in [-0.4, -0.2) is 5.11 Å². The normalized spacial score (nSPS) is 12.5. The van der Waals surface area contributed by atoms with Crippen molar-refractivity contribution in [1.29, 1.82) is 0 Å². The van der Waals surface area contributed by atoms with E-state index in [1.54, 1.807) is 0 Å². The molecule has 0 bridgehead atoms. The first-order chi connectivity index (χ1) is 9.66. The van der Waals surface area contributed by atoms with Crippen molar-refractivity contribution in [3.8, 4) is 5.75 Å². The monoisotopic (exact) mass is 327 g/mol. The highest BCUT2D eigenvalue weighted by Gasteiger charge is 2.15. The summed E-state index contributed by atoms with van der Waals surface area (Å²) in [6, 6.07) is 19.1. The summed E-state index contributed by atoms with van der Waals surface area (Å²) >= 11 is 3.41. The van der Waals surface area contributed by atoms with E-state index in [9.17, 15) is 5.11 Å². The highest BCUT2D eigenvalue weighted by molar-refractivity contribution is 9.10. The Bertz CT molecular complexity index is 753. The highest BCUT2D eigenvalue weighted by Crippen LogP contribution is 2.34. The largest absolute Gasteiger partial charge is 0.507 e. The molecule has 1 atom stereocenters. The molecule has 0 heterocycles. The Morgan fingerprint density at radius 2 is 1.60 bits per heavy atom. The van der Waals surface area contributed by atoms with E-state index in [1.165, 1.54) is 0 Å². The van der Waals surface area contributed by atoms with Crippen molar-refractivity contribution in [2.45, 2.75) is 6.04 Å². The average Bonchev–Trinajstić information content (AvgIpc) is 2.48. The molecule has 0 aromatic heterocycles. The van der Waals surface area contributed by atoms with Gasteiger partial charge in [0.1, 0.15) is 5.75 Å². The van der Waals surface area contributed by atoms with Crippen LogP contribution in [0.5, 0.6) is 5.75 Å². The first kappa shape index (κ1) is 13.2. The second-order valence-corrected chi connectivity index (χ2v) is 5.67. The fraction of sp³-hybridized carbons (Fsp3) is 0.0588. The number of phenols is 1. The molecule has 2 nitrogen and oxygen atoms in total. The molecule has 0 radical (unpaired) electrons. The number of halogens is 1. The summed E-state index contributed by atoms with van der Waals surface area (Å²) in [7, 11) is 0. The average molecular weight is 328 g/mol. The second-order valence-electron chi connectivity index (χ2n) is 4.75. The molecular weight excluding hydrogens is 314 g/mol. The van der Waals surface area contributed by atoms with Crippen molar-refractivity contribution >= 4 is 26.7 Å². The minimum absolute atomic E-state index is 0.263. The molecule has 3 aromatic carbocycles. The topological polar surface area (TPSA) is 46.2 Å². The Hall–Kier alpha value is -1.84. The van der Waals surface area contributed by atoms with Crippen LogP contribution in [0.3, 0.4) is 0 Å². The van der Waals surface area contributed by atoms with Crippen molar-refractivity contribution < 1.29 is 5.11 Å². The number of phenolic OH excluding ortho intramolecular Hbond substituents is 1. The number of benzene rings is 3. The number of aromatic hydroxyl groups is 1. The number of hydrogen-bond acceptors (Lipinski definition) is 2. The van der Waals surface area contributed by atoms with Gasteiger partial charge in [-0.1, -0.05) is 64.5 Å². The summed E-state index contributed by atoms with van der Waals surface area (Å²) in [5, 5.41) is 12.3. The predicted octanol–water partition coefficient (Wildman–Crippen LogP) is 4.36. The van der Waals surface area contributed by atoms with E-state index in [2.05, 4.69) is 15.9 Å². The third kappa shape index (κ3) is 2.30. The van der Waals surface area contributed by atoms with Crippen LogP contribution < -0.4 is 5.73 Å². The van der Waals surface area contributed by atoms with E-state index < -0.39 is 0 Å². The zero-order valence-corrected chi connectivity index (χ0v) is 12.3. The second kappa shape index (κ2) is 5.27. The van der Waals surface area contributed by atoms with Crippen molar-refractivity contribution in [3.63, 3.8) is 0 Å². The molecule has 3 N–H and O–H groups in total. The number of fused-ring (bicyclic) bond motifs is 1. The van der Waals surface area contributed by atoms with Crippen LogP contribution in [0.15, 0.2) is 65.1 Å². The van der Waals surface area contributed by atoms with E-state index in [0.29, 0.717) is 0 Å². The van der Waals surface area contributed by atoms with Gasteiger partial charge in [-0.2, -0.15) is 0 Å². The molecule has 0 spiro atoms. The summed E-state index contributed by atoms with van der Waals surface area (Å²) in [6.45, 7) is 0. The maximum absolute atomic E-state index is 10.4.